The van der Waals surface area contributed by atoms with Crippen molar-refractivity contribution in [3.63, 3.8) is 0 Å². The topological polar surface area (TPSA) is 88.9 Å². The molecular weight excluding hydrogens is 264 g/mol. The van der Waals surface area contributed by atoms with E-state index in [1.54, 1.807) is 12.3 Å². The molecule has 6 nitrogen and oxygen atoms in total. The van der Waals surface area contributed by atoms with Crippen molar-refractivity contribution in [2.75, 3.05) is 0 Å². The van der Waals surface area contributed by atoms with Crippen LogP contribution in [0.3, 0.4) is 0 Å². The molecule has 0 amide bonds. The van der Waals surface area contributed by atoms with Crippen LogP contribution >= 0.6 is 11.8 Å². The molecule has 0 bridgehead atoms. The maximum atomic E-state index is 11.3. The number of rotatable bonds is 4. The maximum Gasteiger partial charge on any atom is 0.355 e. The second kappa shape index (κ2) is 5.75. The molecule has 0 aromatic carbocycles. The second-order valence-electron chi connectivity index (χ2n) is 4.05. The van der Waals surface area contributed by atoms with Gasteiger partial charge in [-0.1, -0.05) is 25.6 Å². The molecule has 0 radical (unpaired) electrons. The Hall–Kier alpha value is -2.02. The van der Waals surface area contributed by atoms with Crippen molar-refractivity contribution >= 4 is 17.7 Å². The zero-order chi connectivity index (χ0) is 13.8. The molecule has 2 heterocycles. The SMILES string of the molecule is CC(C)c1ncc(Sc2ccncn2)c(C(=O)O)n1. The predicted octanol–water partition coefficient (Wildman–Crippen LogP) is 2.24. The van der Waals surface area contributed by atoms with Gasteiger partial charge in [-0.25, -0.2) is 24.7 Å². The van der Waals surface area contributed by atoms with Gasteiger partial charge in [0.2, 0.25) is 0 Å². The molecule has 2 aromatic heterocycles. The van der Waals surface area contributed by atoms with Gasteiger partial charge in [0.25, 0.3) is 0 Å². The first-order valence-corrected chi connectivity index (χ1v) is 6.43. The molecule has 0 aliphatic heterocycles. The smallest absolute Gasteiger partial charge is 0.355 e. The Bertz CT molecular complexity index is 590. The predicted molar refractivity (Wildman–Crippen MR) is 69.2 cm³/mol. The molecule has 19 heavy (non-hydrogen) atoms. The van der Waals surface area contributed by atoms with Crippen molar-refractivity contribution in [2.45, 2.75) is 29.7 Å². The van der Waals surface area contributed by atoms with Gasteiger partial charge >= 0.3 is 5.97 Å². The lowest BCUT2D eigenvalue weighted by Crippen LogP contribution is -2.08. The van der Waals surface area contributed by atoms with Crippen LogP contribution in [0.25, 0.3) is 0 Å². The highest BCUT2D eigenvalue weighted by atomic mass is 32.2. The second-order valence-corrected chi connectivity index (χ2v) is 5.11. The summed E-state index contributed by atoms with van der Waals surface area (Å²) in [6, 6.07) is 1.70. The number of hydrogen-bond acceptors (Lipinski definition) is 6. The van der Waals surface area contributed by atoms with E-state index in [1.165, 1.54) is 24.3 Å². The minimum Gasteiger partial charge on any atom is -0.476 e. The van der Waals surface area contributed by atoms with E-state index in [1.807, 2.05) is 13.8 Å². The van der Waals surface area contributed by atoms with Crippen molar-refractivity contribution < 1.29 is 9.90 Å². The van der Waals surface area contributed by atoms with Crippen LogP contribution in [0.5, 0.6) is 0 Å². The lowest BCUT2D eigenvalue weighted by molar-refractivity contribution is 0.0685. The van der Waals surface area contributed by atoms with Crippen LogP contribution in [0.4, 0.5) is 0 Å². The quantitative estimate of drug-likeness (QED) is 0.856. The van der Waals surface area contributed by atoms with Gasteiger partial charge < -0.3 is 5.11 Å². The zero-order valence-electron chi connectivity index (χ0n) is 10.4. The summed E-state index contributed by atoms with van der Waals surface area (Å²) >= 11 is 1.21. The summed E-state index contributed by atoms with van der Waals surface area (Å²) in [5, 5.41) is 9.86. The van der Waals surface area contributed by atoms with E-state index >= 15 is 0 Å². The average molecular weight is 276 g/mol. The third-order valence-corrected chi connectivity index (χ3v) is 3.23. The van der Waals surface area contributed by atoms with Crippen LogP contribution in [0.15, 0.2) is 34.7 Å². The van der Waals surface area contributed by atoms with E-state index in [-0.39, 0.29) is 11.6 Å². The Morgan fingerprint density at radius 1 is 1.37 bits per heavy atom. The van der Waals surface area contributed by atoms with E-state index in [0.29, 0.717) is 15.7 Å². The van der Waals surface area contributed by atoms with Gasteiger partial charge in [-0.2, -0.15) is 0 Å². The summed E-state index contributed by atoms with van der Waals surface area (Å²) in [6.07, 6.45) is 4.53. The van der Waals surface area contributed by atoms with Crippen molar-refractivity contribution in [3.8, 4) is 0 Å². The van der Waals surface area contributed by atoms with Gasteiger partial charge in [-0.3, -0.25) is 0 Å². The van der Waals surface area contributed by atoms with Crippen LogP contribution in [0, 0.1) is 0 Å². The lowest BCUT2D eigenvalue weighted by Gasteiger charge is -2.08. The molecule has 0 fully saturated rings. The van der Waals surface area contributed by atoms with Crippen molar-refractivity contribution in [1.29, 1.82) is 0 Å². The third kappa shape index (κ3) is 3.25. The minimum atomic E-state index is -1.07. The highest BCUT2D eigenvalue weighted by Crippen LogP contribution is 2.28. The average Bonchev–Trinajstić information content (AvgIpc) is 2.39. The van der Waals surface area contributed by atoms with Gasteiger partial charge in [0.15, 0.2) is 5.69 Å². The Kier molecular flexibility index (Phi) is 4.06. The van der Waals surface area contributed by atoms with E-state index in [4.69, 9.17) is 0 Å². The van der Waals surface area contributed by atoms with E-state index in [2.05, 4.69) is 19.9 Å². The molecule has 0 saturated carbocycles. The first-order chi connectivity index (χ1) is 9.08. The zero-order valence-corrected chi connectivity index (χ0v) is 11.3. The lowest BCUT2D eigenvalue weighted by atomic mass is 10.2. The van der Waals surface area contributed by atoms with Crippen LogP contribution in [-0.2, 0) is 0 Å². The molecule has 7 heteroatoms. The number of nitrogens with zero attached hydrogens (tertiary/aromatic N) is 4. The molecule has 0 spiro atoms. The standard InChI is InChI=1S/C12H12N4O2S/c1-7(2)11-14-5-8(10(16-11)12(17)18)19-9-3-4-13-6-15-9/h3-7H,1-2H3,(H,17,18). The number of aromatic carboxylic acids is 1. The van der Waals surface area contributed by atoms with Gasteiger partial charge in [0.1, 0.15) is 17.2 Å². The number of carboxylic acid groups (broad SMARTS) is 1. The summed E-state index contributed by atoms with van der Waals surface area (Å²) in [4.78, 5) is 27.8. The summed E-state index contributed by atoms with van der Waals surface area (Å²) < 4.78 is 0. The van der Waals surface area contributed by atoms with Crippen molar-refractivity contribution in [3.05, 3.63) is 36.3 Å². The Balaban J connectivity index is 2.37. The number of carbonyl (C=O) groups is 1. The molecule has 2 aromatic rings. The molecule has 1 N–H and O–H groups in total. The van der Waals surface area contributed by atoms with Crippen molar-refractivity contribution in [1.82, 2.24) is 19.9 Å². The highest BCUT2D eigenvalue weighted by Gasteiger charge is 2.16. The molecular formula is C12H12N4O2S. The summed E-state index contributed by atoms with van der Waals surface area (Å²) in [5.41, 5.74) is 0.00214. The first kappa shape index (κ1) is 13.4. The molecule has 0 aliphatic carbocycles. The Morgan fingerprint density at radius 2 is 2.16 bits per heavy atom. The van der Waals surface area contributed by atoms with Crippen LogP contribution < -0.4 is 0 Å². The highest BCUT2D eigenvalue weighted by molar-refractivity contribution is 7.99. The number of aromatic nitrogens is 4. The molecule has 0 saturated heterocycles. The van der Waals surface area contributed by atoms with Gasteiger partial charge in [-0.05, 0) is 6.07 Å². The Morgan fingerprint density at radius 3 is 2.74 bits per heavy atom. The fraction of sp³-hybridized carbons (Fsp3) is 0.250. The monoisotopic (exact) mass is 276 g/mol. The summed E-state index contributed by atoms with van der Waals surface area (Å²) in [5.74, 6) is -0.471. The number of hydrogen-bond donors (Lipinski definition) is 1. The minimum absolute atomic E-state index is 0.00214. The van der Waals surface area contributed by atoms with Gasteiger partial charge in [0.05, 0.1) is 4.90 Å². The summed E-state index contributed by atoms with van der Waals surface area (Å²) in [6.45, 7) is 3.83. The van der Waals surface area contributed by atoms with Crippen LogP contribution in [0.1, 0.15) is 36.1 Å². The van der Waals surface area contributed by atoms with Crippen LogP contribution in [-0.4, -0.2) is 31.0 Å². The number of carboxylic acids is 1. The van der Waals surface area contributed by atoms with Crippen molar-refractivity contribution in [2.24, 2.45) is 0 Å². The molecule has 2 rings (SSSR count). The fourth-order valence-electron chi connectivity index (χ4n) is 1.34. The molecule has 0 aliphatic rings. The maximum absolute atomic E-state index is 11.3. The summed E-state index contributed by atoms with van der Waals surface area (Å²) in [7, 11) is 0. The van der Waals surface area contributed by atoms with Crippen LogP contribution in [0.2, 0.25) is 0 Å². The van der Waals surface area contributed by atoms with E-state index in [0.717, 1.165) is 0 Å². The molecule has 98 valence electrons. The normalized spacial score (nSPS) is 10.7. The van der Waals surface area contributed by atoms with Gasteiger partial charge in [0, 0.05) is 18.3 Å². The van der Waals surface area contributed by atoms with E-state index < -0.39 is 5.97 Å². The largest absolute Gasteiger partial charge is 0.476 e. The Labute approximate surface area is 114 Å². The van der Waals surface area contributed by atoms with E-state index in [9.17, 15) is 9.90 Å². The first-order valence-electron chi connectivity index (χ1n) is 5.62. The fourth-order valence-corrected chi connectivity index (χ4v) is 2.13. The third-order valence-electron chi connectivity index (χ3n) is 2.26. The molecule has 0 atom stereocenters. The van der Waals surface area contributed by atoms with Gasteiger partial charge in [-0.15, -0.1) is 0 Å². The molecule has 0 unspecified atom stereocenters.